The van der Waals surface area contributed by atoms with E-state index >= 15 is 0 Å². The zero-order valence-electron chi connectivity index (χ0n) is 17.0. The molecule has 1 fully saturated rings. The summed E-state index contributed by atoms with van der Waals surface area (Å²) in [6, 6.07) is 10.2. The summed E-state index contributed by atoms with van der Waals surface area (Å²) < 4.78 is 0. The molecule has 1 saturated carbocycles. The first-order valence-corrected chi connectivity index (χ1v) is 11.8. The monoisotopic (exact) mass is 410 g/mol. The Labute approximate surface area is 177 Å². The summed E-state index contributed by atoms with van der Waals surface area (Å²) in [5.74, 6) is 0.151. The van der Waals surface area contributed by atoms with Gasteiger partial charge in [-0.15, -0.1) is 11.3 Å². The molecule has 2 aliphatic carbocycles. The number of carbonyl (C=O) groups is 2. The molecule has 1 aromatic heterocycles. The topological polar surface area (TPSA) is 58.2 Å². The lowest BCUT2D eigenvalue weighted by atomic mass is 9.88. The van der Waals surface area contributed by atoms with Crippen LogP contribution in [0.3, 0.4) is 0 Å². The summed E-state index contributed by atoms with van der Waals surface area (Å²) >= 11 is 1.62. The van der Waals surface area contributed by atoms with Gasteiger partial charge in [0.05, 0.1) is 5.56 Å². The van der Waals surface area contributed by atoms with Crippen molar-refractivity contribution in [2.24, 2.45) is 5.92 Å². The zero-order valence-corrected chi connectivity index (χ0v) is 17.8. The molecule has 154 valence electrons. The minimum Gasteiger partial charge on any atom is -0.352 e. The van der Waals surface area contributed by atoms with E-state index in [4.69, 9.17) is 0 Å². The van der Waals surface area contributed by atoms with Crippen LogP contribution < -0.4 is 10.6 Å². The van der Waals surface area contributed by atoms with E-state index in [-0.39, 0.29) is 17.7 Å². The molecule has 0 bridgehead atoms. The predicted octanol–water partition coefficient (Wildman–Crippen LogP) is 5.12. The maximum atomic E-state index is 13.1. The second-order valence-electron chi connectivity index (χ2n) is 8.23. The summed E-state index contributed by atoms with van der Waals surface area (Å²) in [4.78, 5) is 27.2. The lowest BCUT2D eigenvalue weighted by molar-refractivity contribution is -0.120. The second-order valence-corrected chi connectivity index (χ2v) is 9.34. The molecule has 2 aromatic rings. The first-order chi connectivity index (χ1) is 14.2. The van der Waals surface area contributed by atoms with Gasteiger partial charge in [0.1, 0.15) is 5.00 Å². The Kier molecular flexibility index (Phi) is 6.65. The Hall–Kier alpha value is -2.14. The van der Waals surface area contributed by atoms with Gasteiger partial charge < -0.3 is 10.6 Å². The molecule has 29 heavy (non-hydrogen) atoms. The van der Waals surface area contributed by atoms with Crippen molar-refractivity contribution < 1.29 is 9.59 Å². The van der Waals surface area contributed by atoms with E-state index in [1.165, 1.54) is 23.3 Å². The maximum Gasteiger partial charge on any atom is 0.254 e. The highest BCUT2D eigenvalue weighted by Crippen LogP contribution is 2.39. The van der Waals surface area contributed by atoms with Gasteiger partial charge in [-0.1, -0.05) is 49.6 Å². The Balaban J connectivity index is 1.47. The molecular weight excluding hydrogens is 380 g/mol. The molecule has 1 aromatic carbocycles. The van der Waals surface area contributed by atoms with Crippen LogP contribution in [0.2, 0.25) is 0 Å². The van der Waals surface area contributed by atoms with Crippen LogP contribution in [0.4, 0.5) is 5.00 Å². The van der Waals surface area contributed by atoms with Gasteiger partial charge in [-0.25, -0.2) is 0 Å². The van der Waals surface area contributed by atoms with Gasteiger partial charge in [-0.2, -0.15) is 0 Å². The van der Waals surface area contributed by atoms with E-state index in [1.54, 1.807) is 11.3 Å². The van der Waals surface area contributed by atoms with Crippen LogP contribution >= 0.6 is 11.3 Å². The largest absolute Gasteiger partial charge is 0.352 e. The molecule has 2 amide bonds. The van der Waals surface area contributed by atoms with Crippen molar-refractivity contribution in [1.29, 1.82) is 0 Å². The minimum atomic E-state index is -0.0423. The standard InChI is InChI=1S/C24H30N2O2S/c27-22(18-11-5-2-6-12-18)26-24-21(19-13-7-8-14-20(19)29-24)23(28)25-16-15-17-9-3-1-4-10-17/h1,3-4,9-10,18H,2,5-8,11-16H2,(H,25,28)(H,26,27). The number of aryl methyl sites for hydroxylation is 1. The summed E-state index contributed by atoms with van der Waals surface area (Å²) in [5.41, 5.74) is 3.10. The number of benzene rings is 1. The number of hydrogen-bond donors (Lipinski definition) is 2. The van der Waals surface area contributed by atoms with Crippen LogP contribution in [0.1, 0.15) is 71.3 Å². The zero-order chi connectivity index (χ0) is 20.1. The molecule has 0 atom stereocenters. The molecular formula is C24H30N2O2S. The summed E-state index contributed by atoms with van der Waals surface area (Å²) in [7, 11) is 0. The number of nitrogens with one attached hydrogen (secondary N) is 2. The average molecular weight is 411 g/mol. The van der Waals surface area contributed by atoms with Gasteiger partial charge in [-0.05, 0) is 56.1 Å². The number of fused-ring (bicyclic) bond motifs is 1. The molecule has 0 radical (unpaired) electrons. The SMILES string of the molecule is O=C(NCCc1ccccc1)c1c(NC(=O)C2CCCCC2)sc2c1CCCC2. The summed E-state index contributed by atoms with van der Waals surface area (Å²) in [6.07, 6.45) is 10.5. The van der Waals surface area contributed by atoms with E-state index in [2.05, 4.69) is 22.8 Å². The Morgan fingerprint density at radius 1 is 0.966 bits per heavy atom. The van der Waals surface area contributed by atoms with E-state index in [0.29, 0.717) is 6.54 Å². The number of hydrogen-bond acceptors (Lipinski definition) is 3. The predicted molar refractivity (Wildman–Crippen MR) is 119 cm³/mol. The van der Waals surface area contributed by atoms with Crippen molar-refractivity contribution >= 4 is 28.2 Å². The first-order valence-electron chi connectivity index (χ1n) is 11.0. The average Bonchev–Trinajstić information content (AvgIpc) is 3.13. The Bertz CT molecular complexity index is 853. The minimum absolute atomic E-state index is 0.0423. The summed E-state index contributed by atoms with van der Waals surface area (Å²) in [6.45, 7) is 0.601. The van der Waals surface area contributed by atoms with Crippen molar-refractivity contribution in [3.63, 3.8) is 0 Å². The molecule has 5 heteroatoms. The van der Waals surface area contributed by atoms with Crippen LogP contribution in [-0.2, 0) is 24.1 Å². The van der Waals surface area contributed by atoms with Crippen LogP contribution in [0, 0.1) is 5.92 Å². The van der Waals surface area contributed by atoms with Gasteiger partial charge in [0.15, 0.2) is 0 Å². The summed E-state index contributed by atoms with van der Waals surface area (Å²) in [5, 5.41) is 7.01. The third-order valence-corrected chi connectivity index (χ3v) is 7.36. The third-order valence-electron chi connectivity index (χ3n) is 6.15. The van der Waals surface area contributed by atoms with Gasteiger partial charge >= 0.3 is 0 Å². The first kappa shape index (κ1) is 20.1. The van der Waals surface area contributed by atoms with Crippen LogP contribution in [0.15, 0.2) is 30.3 Å². The smallest absolute Gasteiger partial charge is 0.254 e. The molecule has 0 saturated heterocycles. The van der Waals surface area contributed by atoms with E-state index in [0.717, 1.165) is 67.5 Å². The van der Waals surface area contributed by atoms with E-state index in [1.807, 2.05) is 18.2 Å². The van der Waals surface area contributed by atoms with Crippen molar-refractivity contribution in [2.75, 3.05) is 11.9 Å². The van der Waals surface area contributed by atoms with Crippen molar-refractivity contribution in [3.05, 3.63) is 51.9 Å². The number of carbonyl (C=O) groups excluding carboxylic acids is 2. The van der Waals surface area contributed by atoms with Crippen molar-refractivity contribution in [2.45, 2.75) is 64.2 Å². The third kappa shape index (κ3) is 4.89. The number of thiophene rings is 1. The maximum absolute atomic E-state index is 13.1. The fraction of sp³-hybridized carbons (Fsp3) is 0.500. The highest BCUT2D eigenvalue weighted by molar-refractivity contribution is 7.17. The van der Waals surface area contributed by atoms with E-state index in [9.17, 15) is 9.59 Å². The van der Waals surface area contributed by atoms with Gasteiger partial charge in [0.25, 0.3) is 5.91 Å². The fourth-order valence-corrected chi connectivity index (χ4v) is 5.82. The lowest BCUT2D eigenvalue weighted by Gasteiger charge is -2.20. The quantitative estimate of drug-likeness (QED) is 0.694. The fourth-order valence-electron chi connectivity index (χ4n) is 4.53. The normalized spacial score (nSPS) is 16.8. The molecule has 4 nitrogen and oxygen atoms in total. The van der Waals surface area contributed by atoms with Gasteiger partial charge in [-0.3, -0.25) is 9.59 Å². The molecule has 1 heterocycles. The number of rotatable bonds is 6. The number of anilines is 1. The van der Waals surface area contributed by atoms with E-state index < -0.39 is 0 Å². The molecule has 2 aliphatic rings. The molecule has 0 aliphatic heterocycles. The van der Waals surface area contributed by atoms with Crippen LogP contribution in [0.5, 0.6) is 0 Å². The van der Waals surface area contributed by atoms with Gasteiger partial charge in [0.2, 0.25) is 5.91 Å². The van der Waals surface area contributed by atoms with Crippen LogP contribution in [0.25, 0.3) is 0 Å². The highest BCUT2D eigenvalue weighted by Gasteiger charge is 2.28. The molecule has 2 N–H and O–H groups in total. The Morgan fingerprint density at radius 3 is 2.52 bits per heavy atom. The second kappa shape index (κ2) is 9.57. The van der Waals surface area contributed by atoms with Crippen molar-refractivity contribution in [1.82, 2.24) is 5.32 Å². The van der Waals surface area contributed by atoms with Gasteiger partial charge in [0, 0.05) is 17.3 Å². The molecule has 0 spiro atoms. The Morgan fingerprint density at radius 2 is 1.72 bits per heavy atom. The molecule has 4 rings (SSSR count). The molecule has 0 unspecified atom stereocenters. The van der Waals surface area contributed by atoms with Crippen LogP contribution in [-0.4, -0.2) is 18.4 Å². The highest BCUT2D eigenvalue weighted by atomic mass is 32.1. The number of amides is 2. The lowest BCUT2D eigenvalue weighted by Crippen LogP contribution is -2.29. The van der Waals surface area contributed by atoms with Crippen molar-refractivity contribution in [3.8, 4) is 0 Å².